The van der Waals surface area contributed by atoms with Crippen molar-refractivity contribution < 1.29 is 14.3 Å². The molecule has 2 rings (SSSR count). The van der Waals surface area contributed by atoms with Gasteiger partial charge >= 0.3 is 0 Å². The lowest BCUT2D eigenvalue weighted by Crippen LogP contribution is -2.12. The first-order valence-electron chi connectivity index (χ1n) is 4.49. The minimum absolute atomic E-state index is 0.0774. The van der Waals surface area contributed by atoms with Crippen LogP contribution in [0, 0.1) is 5.82 Å². The van der Waals surface area contributed by atoms with Gasteiger partial charge in [-0.15, -0.1) is 0 Å². The Morgan fingerprint density at radius 3 is 3.00 bits per heavy atom. The standard InChI is InChI=1S/C10H9BrFNO2/c11-8-2-1-6(3-9(8)12)10-4-7(5-14)15-13-10/h1-3,7,14H,4-5H2/t7-/m1/s1. The van der Waals surface area contributed by atoms with Gasteiger partial charge in [0.2, 0.25) is 0 Å². The lowest BCUT2D eigenvalue weighted by molar-refractivity contribution is 0.0390. The highest BCUT2D eigenvalue weighted by molar-refractivity contribution is 9.10. The van der Waals surface area contributed by atoms with Gasteiger partial charge < -0.3 is 9.94 Å². The molecule has 0 fully saturated rings. The van der Waals surface area contributed by atoms with Crippen molar-refractivity contribution in [2.45, 2.75) is 12.5 Å². The van der Waals surface area contributed by atoms with Crippen LogP contribution in [0.2, 0.25) is 0 Å². The molecule has 0 radical (unpaired) electrons. The molecule has 1 atom stereocenters. The van der Waals surface area contributed by atoms with E-state index in [1.807, 2.05) is 0 Å². The highest BCUT2D eigenvalue weighted by Crippen LogP contribution is 2.21. The van der Waals surface area contributed by atoms with Crippen LogP contribution < -0.4 is 0 Å². The number of hydrogen-bond acceptors (Lipinski definition) is 3. The van der Waals surface area contributed by atoms with Crippen LogP contribution in [0.5, 0.6) is 0 Å². The molecule has 80 valence electrons. The molecule has 0 bridgehead atoms. The van der Waals surface area contributed by atoms with Crippen LogP contribution in [0.25, 0.3) is 0 Å². The number of benzene rings is 1. The summed E-state index contributed by atoms with van der Waals surface area (Å²) in [6.45, 7) is -0.0774. The Morgan fingerprint density at radius 2 is 2.40 bits per heavy atom. The maximum atomic E-state index is 13.2. The summed E-state index contributed by atoms with van der Waals surface area (Å²) in [5.41, 5.74) is 1.35. The molecule has 0 spiro atoms. The summed E-state index contributed by atoms with van der Waals surface area (Å²) in [4.78, 5) is 4.94. The van der Waals surface area contributed by atoms with E-state index in [-0.39, 0.29) is 18.5 Å². The highest BCUT2D eigenvalue weighted by Gasteiger charge is 2.21. The Hall–Kier alpha value is -0.940. The maximum Gasteiger partial charge on any atom is 0.156 e. The molecule has 1 aromatic rings. The number of oxime groups is 1. The Kier molecular flexibility index (Phi) is 3.02. The van der Waals surface area contributed by atoms with Crippen LogP contribution in [0.4, 0.5) is 4.39 Å². The van der Waals surface area contributed by atoms with Crippen molar-refractivity contribution in [3.8, 4) is 0 Å². The molecule has 5 heteroatoms. The largest absolute Gasteiger partial charge is 0.392 e. The van der Waals surface area contributed by atoms with Crippen molar-refractivity contribution in [1.29, 1.82) is 0 Å². The SMILES string of the molecule is OC[C@H]1CC(c2ccc(Br)c(F)c2)=NO1. The van der Waals surface area contributed by atoms with E-state index in [1.165, 1.54) is 6.07 Å². The normalized spacial score (nSPS) is 19.9. The zero-order valence-electron chi connectivity index (χ0n) is 7.78. The van der Waals surface area contributed by atoms with Crippen molar-refractivity contribution in [2.24, 2.45) is 5.16 Å². The maximum absolute atomic E-state index is 13.2. The van der Waals surface area contributed by atoms with Gasteiger partial charge in [-0.2, -0.15) is 0 Å². The van der Waals surface area contributed by atoms with E-state index in [1.54, 1.807) is 12.1 Å². The van der Waals surface area contributed by atoms with Crippen LogP contribution in [-0.2, 0) is 4.84 Å². The number of aliphatic hydroxyl groups is 1. The molecule has 0 aliphatic carbocycles. The molecular weight excluding hydrogens is 265 g/mol. The second-order valence-corrected chi connectivity index (χ2v) is 4.14. The predicted molar refractivity (Wildman–Crippen MR) is 57.2 cm³/mol. The Bertz CT molecular complexity index is 408. The van der Waals surface area contributed by atoms with E-state index in [0.717, 1.165) is 0 Å². The van der Waals surface area contributed by atoms with E-state index in [0.29, 0.717) is 22.2 Å². The second kappa shape index (κ2) is 4.28. The Morgan fingerprint density at radius 1 is 1.60 bits per heavy atom. The summed E-state index contributed by atoms with van der Waals surface area (Å²) < 4.78 is 13.6. The molecule has 1 aromatic carbocycles. The third-order valence-corrected chi connectivity index (χ3v) is 2.83. The Labute approximate surface area is 94.7 Å². The summed E-state index contributed by atoms with van der Waals surface area (Å²) in [5.74, 6) is -0.331. The van der Waals surface area contributed by atoms with Gasteiger partial charge in [-0.25, -0.2) is 4.39 Å². The number of hydrogen-bond donors (Lipinski definition) is 1. The van der Waals surface area contributed by atoms with Gasteiger partial charge in [0.05, 0.1) is 16.8 Å². The third-order valence-electron chi connectivity index (χ3n) is 2.19. The fraction of sp³-hybridized carbons (Fsp3) is 0.300. The highest BCUT2D eigenvalue weighted by atomic mass is 79.9. The van der Waals surface area contributed by atoms with Gasteiger partial charge in [0.1, 0.15) is 5.82 Å². The van der Waals surface area contributed by atoms with Gasteiger partial charge in [-0.3, -0.25) is 0 Å². The van der Waals surface area contributed by atoms with Crippen molar-refractivity contribution in [1.82, 2.24) is 0 Å². The summed E-state index contributed by atoms with van der Waals surface area (Å²) in [5, 5.41) is 12.7. The van der Waals surface area contributed by atoms with E-state index in [2.05, 4.69) is 21.1 Å². The van der Waals surface area contributed by atoms with Crippen molar-refractivity contribution in [3.05, 3.63) is 34.1 Å². The Balaban J connectivity index is 2.21. The summed E-state index contributed by atoms with van der Waals surface area (Å²) in [6, 6.07) is 4.78. The lowest BCUT2D eigenvalue weighted by atomic mass is 10.1. The van der Waals surface area contributed by atoms with E-state index >= 15 is 0 Å². The molecule has 0 amide bonds. The quantitative estimate of drug-likeness (QED) is 0.897. The average Bonchev–Trinajstić information content (AvgIpc) is 2.70. The molecular formula is C10H9BrFNO2. The third kappa shape index (κ3) is 2.18. The fourth-order valence-electron chi connectivity index (χ4n) is 1.37. The molecule has 3 nitrogen and oxygen atoms in total. The van der Waals surface area contributed by atoms with Crippen molar-refractivity contribution in [2.75, 3.05) is 6.61 Å². The topological polar surface area (TPSA) is 41.8 Å². The molecule has 0 saturated carbocycles. The molecule has 1 N–H and O–H groups in total. The minimum Gasteiger partial charge on any atom is -0.392 e. The van der Waals surface area contributed by atoms with Gasteiger partial charge in [0.25, 0.3) is 0 Å². The van der Waals surface area contributed by atoms with Crippen molar-refractivity contribution in [3.63, 3.8) is 0 Å². The number of rotatable bonds is 2. The first kappa shape index (κ1) is 10.6. The van der Waals surface area contributed by atoms with Gasteiger partial charge in [-0.05, 0) is 28.1 Å². The molecule has 0 aromatic heterocycles. The van der Waals surface area contributed by atoms with Gasteiger partial charge in [-0.1, -0.05) is 11.2 Å². The molecule has 1 aliphatic heterocycles. The monoisotopic (exact) mass is 273 g/mol. The van der Waals surface area contributed by atoms with E-state index in [4.69, 9.17) is 9.94 Å². The van der Waals surface area contributed by atoms with Crippen LogP contribution in [0.15, 0.2) is 27.8 Å². The minimum atomic E-state index is -0.331. The number of nitrogens with zero attached hydrogens (tertiary/aromatic N) is 1. The second-order valence-electron chi connectivity index (χ2n) is 3.28. The van der Waals surface area contributed by atoms with E-state index < -0.39 is 0 Å². The van der Waals surface area contributed by atoms with Crippen LogP contribution >= 0.6 is 15.9 Å². The zero-order chi connectivity index (χ0) is 10.8. The van der Waals surface area contributed by atoms with Crippen LogP contribution in [-0.4, -0.2) is 23.5 Å². The zero-order valence-corrected chi connectivity index (χ0v) is 9.37. The molecule has 1 heterocycles. The van der Waals surface area contributed by atoms with Crippen LogP contribution in [0.3, 0.4) is 0 Å². The summed E-state index contributed by atoms with van der Waals surface area (Å²) in [6.07, 6.45) is 0.212. The summed E-state index contributed by atoms with van der Waals surface area (Å²) >= 11 is 3.08. The smallest absolute Gasteiger partial charge is 0.156 e. The molecule has 0 unspecified atom stereocenters. The average molecular weight is 274 g/mol. The first-order valence-corrected chi connectivity index (χ1v) is 5.29. The van der Waals surface area contributed by atoms with Gasteiger partial charge in [0, 0.05) is 12.0 Å². The van der Waals surface area contributed by atoms with Crippen molar-refractivity contribution >= 4 is 21.6 Å². The predicted octanol–water partition coefficient (Wildman–Crippen LogP) is 2.07. The lowest BCUT2D eigenvalue weighted by Gasteiger charge is -2.02. The molecule has 15 heavy (non-hydrogen) atoms. The van der Waals surface area contributed by atoms with E-state index in [9.17, 15) is 4.39 Å². The van der Waals surface area contributed by atoms with Crippen LogP contribution in [0.1, 0.15) is 12.0 Å². The molecule has 0 saturated heterocycles. The molecule has 1 aliphatic rings. The number of aliphatic hydroxyl groups excluding tert-OH is 1. The van der Waals surface area contributed by atoms with Gasteiger partial charge in [0.15, 0.2) is 6.10 Å². The fourth-order valence-corrected chi connectivity index (χ4v) is 1.62. The number of halogens is 2. The first-order chi connectivity index (χ1) is 7.20. The summed E-state index contributed by atoms with van der Waals surface area (Å²) in [7, 11) is 0.